The van der Waals surface area contributed by atoms with Crippen molar-refractivity contribution in [3.05, 3.63) is 92.2 Å². The highest BCUT2D eigenvalue weighted by Gasteiger charge is 2.35. The highest BCUT2D eigenvalue weighted by Crippen LogP contribution is 2.34. The topological polar surface area (TPSA) is 141 Å². The van der Waals surface area contributed by atoms with Crippen molar-refractivity contribution < 1.29 is 23.8 Å². The fraction of sp³-hybridized carbons (Fsp3) is 0.100. The fourth-order valence-corrected chi connectivity index (χ4v) is 3.01. The van der Waals surface area contributed by atoms with Crippen molar-refractivity contribution in [2.24, 2.45) is 5.10 Å². The first kappa shape index (κ1) is 19.8. The number of nitro benzene ring substituents is 2. The smallest absolute Gasteiger partial charge is 0.270 e. The number of nitro groups is 2. The van der Waals surface area contributed by atoms with Crippen molar-refractivity contribution in [1.82, 2.24) is 5.01 Å². The molecule has 1 atom stereocenters. The van der Waals surface area contributed by atoms with Gasteiger partial charge < -0.3 is 9.15 Å². The number of furan rings is 1. The summed E-state index contributed by atoms with van der Waals surface area (Å²) in [7, 11) is 0. The van der Waals surface area contributed by atoms with Crippen LogP contribution in [0.5, 0.6) is 0 Å². The number of carbonyl (C=O) groups excluding carboxylic acids is 1. The molecular formula is C20H14N4O7. The van der Waals surface area contributed by atoms with Gasteiger partial charge in [-0.3, -0.25) is 25.0 Å². The molecule has 0 radical (unpaired) electrons. The maximum Gasteiger partial charge on any atom is 0.270 e. The number of hydrogen-bond donors (Lipinski definition) is 0. The summed E-state index contributed by atoms with van der Waals surface area (Å²) in [6, 6.07) is 14.7. The summed E-state index contributed by atoms with van der Waals surface area (Å²) in [6.07, 6.45) is -1.00. The molecule has 4 rings (SSSR count). The first-order valence-corrected chi connectivity index (χ1v) is 8.98. The first-order chi connectivity index (χ1) is 14.8. The lowest BCUT2D eigenvalue weighted by Crippen LogP contribution is -2.24. The molecule has 1 aliphatic rings. The highest BCUT2D eigenvalue weighted by molar-refractivity contribution is 5.96. The zero-order valence-corrected chi connectivity index (χ0v) is 16.0. The minimum absolute atomic E-state index is 0.0391. The lowest BCUT2D eigenvalue weighted by Gasteiger charge is -2.16. The lowest BCUT2D eigenvalue weighted by molar-refractivity contribution is -0.385. The van der Waals surface area contributed by atoms with Crippen molar-refractivity contribution in [3.8, 4) is 11.3 Å². The van der Waals surface area contributed by atoms with Gasteiger partial charge in [0.2, 0.25) is 11.8 Å². The molecule has 3 aromatic rings. The number of hydrogen-bond acceptors (Lipinski definition) is 8. The lowest BCUT2D eigenvalue weighted by atomic mass is 10.1. The summed E-state index contributed by atoms with van der Waals surface area (Å²) in [5.74, 6) is 0.310. The third-order valence-electron chi connectivity index (χ3n) is 4.50. The van der Waals surface area contributed by atoms with Crippen LogP contribution in [0.2, 0.25) is 0 Å². The highest BCUT2D eigenvalue weighted by atomic mass is 16.6. The molecule has 0 fully saturated rings. The monoisotopic (exact) mass is 422 g/mol. The normalized spacial score (nSPS) is 15.3. The van der Waals surface area contributed by atoms with Gasteiger partial charge in [-0.25, -0.2) is 0 Å². The van der Waals surface area contributed by atoms with Gasteiger partial charge in [0.1, 0.15) is 5.76 Å². The van der Waals surface area contributed by atoms with Crippen LogP contribution in [0.25, 0.3) is 11.3 Å². The molecule has 0 saturated carbocycles. The summed E-state index contributed by atoms with van der Waals surface area (Å²) < 4.78 is 11.6. The Morgan fingerprint density at radius 2 is 1.68 bits per heavy atom. The largest absolute Gasteiger partial charge is 0.455 e. The molecule has 0 saturated heterocycles. The van der Waals surface area contributed by atoms with E-state index in [0.717, 1.165) is 5.01 Å². The second-order valence-electron chi connectivity index (χ2n) is 6.55. The van der Waals surface area contributed by atoms with E-state index in [1.807, 2.05) is 0 Å². The number of hydrazone groups is 1. The molecule has 0 aliphatic carbocycles. The van der Waals surface area contributed by atoms with Crippen LogP contribution in [0, 0.1) is 20.2 Å². The van der Waals surface area contributed by atoms with Gasteiger partial charge >= 0.3 is 0 Å². The molecule has 0 N–H and O–H groups in total. The molecule has 0 bridgehead atoms. The summed E-state index contributed by atoms with van der Waals surface area (Å²) in [6.45, 7) is 1.30. The molecule has 156 valence electrons. The summed E-state index contributed by atoms with van der Waals surface area (Å²) in [4.78, 5) is 32.9. The average Bonchev–Trinajstić information content (AvgIpc) is 3.41. The number of rotatable bonds is 5. The van der Waals surface area contributed by atoms with E-state index >= 15 is 0 Å². The van der Waals surface area contributed by atoms with Crippen molar-refractivity contribution in [2.75, 3.05) is 0 Å². The SMILES string of the molecule is CC(=O)N1N=C(c2cccc([N+](=O)[O-])c2)O[C@H]1c1ccc(-c2ccc([N+](=O)[O-])cc2)o1. The summed E-state index contributed by atoms with van der Waals surface area (Å²) in [5, 5.41) is 27.1. The standard InChI is InChI=1S/C20H14N4O7/c1-12(25)22-20(31-19(21-22)14-3-2-4-16(11-14)24(28)29)18-10-9-17(30-18)13-5-7-15(8-6-13)23(26)27/h2-11,20H,1H3/t20-/m0/s1. The number of carbonyl (C=O) groups is 1. The van der Waals surface area contributed by atoms with Crippen LogP contribution in [0.1, 0.15) is 24.5 Å². The number of nitrogens with zero attached hydrogens (tertiary/aromatic N) is 4. The van der Waals surface area contributed by atoms with Crippen LogP contribution >= 0.6 is 0 Å². The van der Waals surface area contributed by atoms with E-state index in [0.29, 0.717) is 16.9 Å². The first-order valence-electron chi connectivity index (χ1n) is 8.98. The molecule has 2 heterocycles. The fourth-order valence-electron chi connectivity index (χ4n) is 3.01. The quantitative estimate of drug-likeness (QED) is 0.447. The Balaban J connectivity index is 1.61. The van der Waals surface area contributed by atoms with E-state index in [2.05, 4.69) is 5.10 Å². The van der Waals surface area contributed by atoms with E-state index < -0.39 is 22.0 Å². The van der Waals surface area contributed by atoms with E-state index in [1.54, 1.807) is 30.3 Å². The van der Waals surface area contributed by atoms with Crippen LogP contribution in [0.4, 0.5) is 11.4 Å². The minimum atomic E-state index is -1.00. The van der Waals surface area contributed by atoms with Crippen LogP contribution in [0.3, 0.4) is 0 Å². The molecular weight excluding hydrogens is 408 g/mol. The molecule has 2 aromatic carbocycles. The van der Waals surface area contributed by atoms with Gasteiger partial charge in [-0.15, -0.1) is 5.10 Å². The predicted molar refractivity (Wildman–Crippen MR) is 107 cm³/mol. The van der Waals surface area contributed by atoms with Crippen molar-refractivity contribution in [1.29, 1.82) is 0 Å². The zero-order valence-electron chi connectivity index (χ0n) is 16.0. The molecule has 1 aliphatic heterocycles. The van der Waals surface area contributed by atoms with E-state index in [-0.39, 0.29) is 23.0 Å². The van der Waals surface area contributed by atoms with Gasteiger partial charge in [-0.1, -0.05) is 6.07 Å². The van der Waals surface area contributed by atoms with E-state index in [4.69, 9.17) is 9.15 Å². The molecule has 11 nitrogen and oxygen atoms in total. The summed E-state index contributed by atoms with van der Waals surface area (Å²) in [5.41, 5.74) is 0.752. The Morgan fingerprint density at radius 1 is 0.968 bits per heavy atom. The van der Waals surface area contributed by atoms with Crippen molar-refractivity contribution in [3.63, 3.8) is 0 Å². The van der Waals surface area contributed by atoms with E-state index in [1.165, 1.54) is 37.3 Å². The second-order valence-corrected chi connectivity index (χ2v) is 6.55. The van der Waals surface area contributed by atoms with Crippen LogP contribution in [-0.4, -0.2) is 26.7 Å². The molecule has 11 heteroatoms. The van der Waals surface area contributed by atoms with E-state index in [9.17, 15) is 25.0 Å². The molecule has 1 aromatic heterocycles. The Hall–Kier alpha value is -4.54. The number of ether oxygens (including phenoxy) is 1. The third kappa shape index (κ3) is 3.83. The number of amides is 1. The van der Waals surface area contributed by atoms with Gasteiger partial charge in [0.15, 0.2) is 5.76 Å². The summed E-state index contributed by atoms with van der Waals surface area (Å²) >= 11 is 0. The number of benzene rings is 2. The van der Waals surface area contributed by atoms with Crippen molar-refractivity contribution >= 4 is 23.2 Å². The predicted octanol–water partition coefficient (Wildman–Crippen LogP) is 4.00. The second kappa shape index (κ2) is 7.71. The molecule has 1 amide bonds. The van der Waals surface area contributed by atoms with Gasteiger partial charge in [-0.05, 0) is 30.3 Å². The van der Waals surface area contributed by atoms with Crippen LogP contribution in [0.15, 0.2) is 70.2 Å². The Morgan fingerprint density at radius 3 is 2.32 bits per heavy atom. The van der Waals surface area contributed by atoms with Gasteiger partial charge in [-0.2, -0.15) is 5.01 Å². The molecule has 0 unspecified atom stereocenters. The van der Waals surface area contributed by atoms with Crippen molar-refractivity contribution in [2.45, 2.75) is 13.2 Å². The Bertz CT molecular complexity index is 1220. The Kier molecular flexibility index (Phi) is 4.91. The maximum absolute atomic E-state index is 12.1. The average molecular weight is 422 g/mol. The van der Waals surface area contributed by atoms with Gasteiger partial charge in [0.05, 0.1) is 9.85 Å². The van der Waals surface area contributed by atoms with Crippen LogP contribution < -0.4 is 0 Å². The maximum atomic E-state index is 12.1. The van der Waals surface area contributed by atoms with Gasteiger partial charge in [0.25, 0.3) is 17.6 Å². The van der Waals surface area contributed by atoms with Crippen LogP contribution in [-0.2, 0) is 9.53 Å². The Labute approximate surface area is 174 Å². The minimum Gasteiger partial charge on any atom is -0.455 e. The van der Waals surface area contributed by atoms with Gasteiger partial charge in [0, 0.05) is 42.3 Å². The zero-order chi connectivity index (χ0) is 22.1. The molecule has 31 heavy (non-hydrogen) atoms. The molecule has 0 spiro atoms. The number of non-ortho nitro benzene ring substituents is 2. The third-order valence-corrected chi connectivity index (χ3v) is 4.50.